The summed E-state index contributed by atoms with van der Waals surface area (Å²) in [5, 5.41) is 14.9. The summed E-state index contributed by atoms with van der Waals surface area (Å²) in [5.41, 5.74) is -1.15. The molecule has 31 heavy (non-hydrogen) atoms. The quantitative estimate of drug-likeness (QED) is 0.592. The Morgan fingerprint density at radius 1 is 1.16 bits per heavy atom. The molecule has 0 bridgehead atoms. The molecule has 1 aliphatic rings. The highest BCUT2D eigenvalue weighted by atomic mass is 16.5. The fraction of sp³-hybridized carbons (Fsp3) is 0.333. The van der Waals surface area contributed by atoms with Crippen LogP contribution in [0.2, 0.25) is 0 Å². The summed E-state index contributed by atoms with van der Waals surface area (Å²) < 4.78 is 16.0. The van der Waals surface area contributed by atoms with E-state index in [1.54, 1.807) is 18.2 Å². The van der Waals surface area contributed by atoms with Gasteiger partial charge in [-0.05, 0) is 36.5 Å². The van der Waals surface area contributed by atoms with E-state index >= 15 is 0 Å². The van der Waals surface area contributed by atoms with E-state index in [-0.39, 0.29) is 23.6 Å². The van der Waals surface area contributed by atoms with E-state index in [1.807, 2.05) is 30.3 Å². The Morgan fingerprint density at radius 2 is 1.90 bits per heavy atom. The van der Waals surface area contributed by atoms with Crippen LogP contribution in [-0.4, -0.2) is 37.9 Å². The van der Waals surface area contributed by atoms with E-state index in [2.05, 4.69) is 5.32 Å². The maximum absolute atomic E-state index is 12.9. The van der Waals surface area contributed by atoms with E-state index in [0.717, 1.165) is 5.56 Å². The van der Waals surface area contributed by atoms with Crippen molar-refractivity contribution in [2.45, 2.75) is 18.4 Å². The molecule has 0 unspecified atom stereocenters. The van der Waals surface area contributed by atoms with Gasteiger partial charge in [-0.25, -0.2) is 4.79 Å². The number of amides is 1. The Labute approximate surface area is 179 Å². The predicted octanol–water partition coefficient (Wildman–Crippen LogP) is 2.85. The molecule has 0 radical (unpaired) electrons. The summed E-state index contributed by atoms with van der Waals surface area (Å²) in [6.07, 6.45) is 1.36. The molecule has 1 fully saturated rings. The molecule has 1 amide bonds. The van der Waals surface area contributed by atoms with Crippen molar-refractivity contribution in [2.24, 2.45) is 5.92 Å². The normalized spacial score (nSPS) is 16.6. The number of hydrogen-bond donors (Lipinski definition) is 2. The van der Waals surface area contributed by atoms with Gasteiger partial charge in [0.15, 0.2) is 11.3 Å². The van der Waals surface area contributed by atoms with Crippen molar-refractivity contribution in [1.29, 1.82) is 0 Å². The van der Waals surface area contributed by atoms with Crippen molar-refractivity contribution >= 4 is 16.9 Å². The van der Waals surface area contributed by atoms with Gasteiger partial charge >= 0.3 is 5.63 Å². The lowest BCUT2D eigenvalue weighted by Crippen LogP contribution is -2.48. The van der Waals surface area contributed by atoms with Gasteiger partial charge in [0.2, 0.25) is 0 Å². The van der Waals surface area contributed by atoms with Crippen molar-refractivity contribution in [1.82, 2.24) is 5.32 Å². The highest BCUT2D eigenvalue weighted by molar-refractivity contribution is 5.97. The van der Waals surface area contributed by atoms with Gasteiger partial charge in [0.25, 0.3) is 5.91 Å². The third-order valence-electron chi connectivity index (χ3n) is 5.88. The highest BCUT2D eigenvalue weighted by Gasteiger charge is 2.39. The van der Waals surface area contributed by atoms with Crippen LogP contribution in [-0.2, 0) is 10.3 Å². The minimum Gasteiger partial charge on any atom is -0.493 e. The van der Waals surface area contributed by atoms with Crippen LogP contribution in [0.3, 0.4) is 0 Å². The first-order valence-corrected chi connectivity index (χ1v) is 10.3. The monoisotopic (exact) mass is 423 g/mol. The van der Waals surface area contributed by atoms with Crippen LogP contribution >= 0.6 is 0 Å². The molecule has 4 rings (SSSR count). The second-order valence-corrected chi connectivity index (χ2v) is 7.69. The molecule has 1 saturated heterocycles. The molecule has 7 nitrogen and oxygen atoms in total. The number of rotatable bonds is 6. The number of methoxy groups -OCH3 is 1. The van der Waals surface area contributed by atoms with Crippen molar-refractivity contribution in [3.05, 3.63) is 76.1 Å². The van der Waals surface area contributed by atoms with E-state index in [9.17, 15) is 14.7 Å². The van der Waals surface area contributed by atoms with Crippen molar-refractivity contribution in [3.8, 4) is 5.75 Å². The maximum Gasteiger partial charge on any atom is 0.349 e. The van der Waals surface area contributed by atoms with Crippen LogP contribution in [0.5, 0.6) is 5.75 Å². The molecule has 7 heteroatoms. The minimum atomic E-state index is -1.28. The Morgan fingerprint density at radius 3 is 2.61 bits per heavy atom. The lowest BCUT2D eigenvalue weighted by Gasteiger charge is -2.39. The molecule has 162 valence electrons. The summed E-state index contributed by atoms with van der Waals surface area (Å²) in [6.45, 7) is 1.09. The number of benzene rings is 2. The molecule has 2 aromatic carbocycles. The van der Waals surface area contributed by atoms with E-state index in [1.165, 1.54) is 13.2 Å². The summed E-state index contributed by atoms with van der Waals surface area (Å²) in [5.74, 6) is -0.263. The fourth-order valence-corrected chi connectivity index (χ4v) is 4.13. The first-order valence-electron chi connectivity index (χ1n) is 10.3. The van der Waals surface area contributed by atoms with Crippen molar-refractivity contribution < 1.29 is 23.8 Å². The average molecular weight is 423 g/mol. The molecule has 1 aliphatic heterocycles. The maximum atomic E-state index is 12.9. The number of para-hydroxylation sites is 1. The molecular weight excluding hydrogens is 398 g/mol. The van der Waals surface area contributed by atoms with E-state index in [4.69, 9.17) is 13.9 Å². The number of carbonyl (C=O) groups is 1. The molecule has 0 aliphatic carbocycles. The lowest BCUT2D eigenvalue weighted by atomic mass is 9.77. The zero-order chi connectivity index (χ0) is 21.8. The van der Waals surface area contributed by atoms with Gasteiger partial charge in [0, 0.05) is 18.6 Å². The smallest absolute Gasteiger partial charge is 0.349 e. The van der Waals surface area contributed by atoms with Crippen LogP contribution in [0, 0.1) is 5.92 Å². The number of hydrogen-bond acceptors (Lipinski definition) is 6. The van der Waals surface area contributed by atoms with Gasteiger partial charge < -0.3 is 24.3 Å². The summed E-state index contributed by atoms with van der Waals surface area (Å²) in [6, 6.07) is 15.9. The van der Waals surface area contributed by atoms with Gasteiger partial charge in [0.1, 0.15) is 11.2 Å². The van der Waals surface area contributed by atoms with Crippen LogP contribution in [0.15, 0.2) is 63.8 Å². The predicted molar refractivity (Wildman–Crippen MR) is 115 cm³/mol. The lowest BCUT2D eigenvalue weighted by molar-refractivity contribution is -0.0680. The first-order chi connectivity index (χ1) is 15.0. The van der Waals surface area contributed by atoms with Crippen LogP contribution < -0.4 is 15.7 Å². The van der Waals surface area contributed by atoms with Gasteiger partial charge in [-0.15, -0.1) is 0 Å². The Balaban J connectivity index is 1.61. The second kappa shape index (κ2) is 8.91. The van der Waals surface area contributed by atoms with Crippen LogP contribution in [0.25, 0.3) is 11.0 Å². The second-order valence-electron chi connectivity index (χ2n) is 7.69. The Kier molecular flexibility index (Phi) is 6.06. The number of aliphatic hydroxyl groups is 1. The van der Waals surface area contributed by atoms with Gasteiger partial charge in [-0.1, -0.05) is 42.5 Å². The van der Waals surface area contributed by atoms with E-state index < -0.39 is 17.1 Å². The Bertz CT molecular complexity index is 1120. The number of carbonyl (C=O) groups excluding carboxylic acids is 1. The largest absolute Gasteiger partial charge is 0.493 e. The molecule has 2 heterocycles. The molecule has 3 aromatic rings. The van der Waals surface area contributed by atoms with Crippen molar-refractivity contribution in [3.63, 3.8) is 0 Å². The molecular formula is C24H25NO6. The summed E-state index contributed by atoms with van der Waals surface area (Å²) >= 11 is 0. The molecule has 2 N–H and O–H groups in total. The number of nitrogens with one attached hydrogen (secondary N) is 1. The summed E-state index contributed by atoms with van der Waals surface area (Å²) in [7, 11) is 1.48. The molecule has 0 saturated carbocycles. The first kappa shape index (κ1) is 21.1. The molecule has 1 aromatic heterocycles. The average Bonchev–Trinajstić information content (AvgIpc) is 2.82. The Hall–Kier alpha value is -3.16. The number of ether oxygens (including phenoxy) is 2. The SMILES string of the molecule is COc1cccc2cc(C(=O)NC[C@](O)(c3ccccc3)C3CCOCC3)c(=O)oc12. The molecule has 0 spiro atoms. The van der Waals surface area contributed by atoms with Crippen LogP contribution in [0.4, 0.5) is 0 Å². The fourth-order valence-electron chi connectivity index (χ4n) is 4.13. The highest BCUT2D eigenvalue weighted by Crippen LogP contribution is 2.35. The van der Waals surface area contributed by atoms with Gasteiger partial charge in [0.05, 0.1) is 13.7 Å². The topological polar surface area (TPSA) is 98.0 Å². The third-order valence-corrected chi connectivity index (χ3v) is 5.88. The zero-order valence-electron chi connectivity index (χ0n) is 17.3. The van der Waals surface area contributed by atoms with E-state index in [0.29, 0.717) is 37.2 Å². The molecule has 1 atom stereocenters. The zero-order valence-corrected chi connectivity index (χ0v) is 17.3. The minimum absolute atomic E-state index is 0.0316. The summed E-state index contributed by atoms with van der Waals surface area (Å²) in [4.78, 5) is 25.4. The number of fused-ring (bicyclic) bond motifs is 1. The third kappa shape index (κ3) is 4.19. The van der Waals surface area contributed by atoms with Crippen molar-refractivity contribution in [2.75, 3.05) is 26.9 Å². The van der Waals surface area contributed by atoms with Gasteiger partial charge in [-0.3, -0.25) is 4.79 Å². The van der Waals surface area contributed by atoms with Crippen LogP contribution in [0.1, 0.15) is 28.8 Å². The van der Waals surface area contributed by atoms with Gasteiger partial charge in [-0.2, -0.15) is 0 Å². The standard InChI is InChI=1S/C24H25NO6/c1-29-20-9-5-6-16-14-19(23(27)31-21(16)20)22(26)25-15-24(28,17-7-3-2-4-8-17)18-10-12-30-13-11-18/h2-9,14,18,28H,10-13,15H2,1H3,(H,25,26)/t24-/m0/s1.